The lowest BCUT2D eigenvalue weighted by atomic mass is 9.98. The number of nitrogens with zero attached hydrogens (tertiary/aromatic N) is 3. The number of anilines is 1. The topological polar surface area (TPSA) is 81.2 Å². The molecule has 0 spiro atoms. The predicted octanol–water partition coefficient (Wildman–Crippen LogP) is 1.06. The van der Waals surface area contributed by atoms with Gasteiger partial charge in [0.1, 0.15) is 0 Å². The van der Waals surface area contributed by atoms with Crippen LogP contribution in [0.15, 0.2) is 41.6 Å². The fourth-order valence-corrected chi connectivity index (χ4v) is 4.50. The van der Waals surface area contributed by atoms with E-state index in [4.69, 9.17) is 5.73 Å². The molecule has 0 amide bonds. The van der Waals surface area contributed by atoms with Crippen LogP contribution >= 0.6 is 0 Å². The van der Waals surface area contributed by atoms with E-state index in [1.54, 1.807) is 7.05 Å². The number of nitrogens with two attached hydrogens (primary N) is 1. The number of aryl methyl sites for hydroxylation is 1. The first-order chi connectivity index (χ1) is 10.1. The molecular weight excluding hydrogens is 288 g/mol. The molecule has 0 bridgehead atoms. The van der Waals surface area contributed by atoms with Crippen LogP contribution in [-0.2, 0) is 17.1 Å². The van der Waals surface area contributed by atoms with Gasteiger partial charge in [-0.15, -0.1) is 0 Å². The molecule has 112 valence electrons. The van der Waals surface area contributed by atoms with Crippen molar-refractivity contribution in [3.8, 4) is 0 Å². The molecule has 2 heterocycles. The van der Waals surface area contributed by atoms with Crippen LogP contribution in [0.3, 0.4) is 0 Å². The summed E-state index contributed by atoms with van der Waals surface area (Å²) in [4.78, 5) is 0. The number of benzene rings is 1. The Bertz CT molecular complexity index is 754. The van der Waals surface area contributed by atoms with Gasteiger partial charge in [-0.1, -0.05) is 18.2 Å². The van der Waals surface area contributed by atoms with E-state index in [0.29, 0.717) is 13.1 Å². The van der Waals surface area contributed by atoms with Crippen LogP contribution in [0.5, 0.6) is 0 Å². The van der Waals surface area contributed by atoms with Crippen LogP contribution in [0.2, 0.25) is 0 Å². The Morgan fingerprint density at radius 1 is 1.33 bits per heavy atom. The van der Waals surface area contributed by atoms with E-state index in [2.05, 4.69) is 5.10 Å². The van der Waals surface area contributed by atoms with E-state index >= 15 is 0 Å². The summed E-state index contributed by atoms with van der Waals surface area (Å²) in [7, 11) is -1.97. The number of hydrogen-bond acceptors (Lipinski definition) is 4. The highest BCUT2D eigenvalue weighted by atomic mass is 32.2. The standard InChI is InChI=1S/C14H18N4O2S/c1-17-14(7-9-16-17)21(19,20)18-10-11(6-8-15)12-4-2-3-5-13(12)18/h2-5,7,9,11H,6,8,10,15H2,1H3/t11-/m0/s1. The van der Waals surface area contributed by atoms with Crippen molar-refractivity contribution in [2.75, 3.05) is 17.4 Å². The lowest BCUT2D eigenvalue weighted by molar-refractivity contribution is 0.569. The third-order valence-corrected chi connectivity index (χ3v) is 5.73. The molecule has 0 radical (unpaired) electrons. The predicted molar refractivity (Wildman–Crippen MR) is 80.6 cm³/mol. The minimum absolute atomic E-state index is 0.147. The molecule has 0 fully saturated rings. The lowest BCUT2D eigenvalue weighted by Gasteiger charge is -2.19. The van der Waals surface area contributed by atoms with Crippen LogP contribution in [0.1, 0.15) is 17.9 Å². The molecule has 1 aliphatic heterocycles. The normalized spacial score (nSPS) is 18.0. The molecule has 0 saturated carbocycles. The molecule has 0 aliphatic carbocycles. The van der Waals surface area contributed by atoms with Gasteiger partial charge in [0.05, 0.1) is 11.9 Å². The Kier molecular flexibility index (Phi) is 3.46. The summed E-state index contributed by atoms with van der Waals surface area (Å²) in [6.45, 7) is 0.975. The van der Waals surface area contributed by atoms with E-state index < -0.39 is 10.0 Å². The highest BCUT2D eigenvalue weighted by Crippen LogP contribution is 2.40. The summed E-state index contributed by atoms with van der Waals surface area (Å²) in [6, 6.07) is 9.14. The Morgan fingerprint density at radius 2 is 2.10 bits per heavy atom. The highest BCUT2D eigenvalue weighted by Gasteiger charge is 2.37. The van der Waals surface area contributed by atoms with Crippen molar-refractivity contribution < 1.29 is 8.42 Å². The number of sulfonamides is 1. The van der Waals surface area contributed by atoms with Crippen molar-refractivity contribution in [3.05, 3.63) is 42.1 Å². The summed E-state index contributed by atoms with van der Waals surface area (Å²) in [5.41, 5.74) is 7.45. The van der Waals surface area contributed by atoms with E-state index in [1.165, 1.54) is 21.3 Å². The van der Waals surface area contributed by atoms with Crippen LogP contribution in [0.25, 0.3) is 0 Å². The fraction of sp³-hybridized carbons (Fsp3) is 0.357. The number of rotatable bonds is 4. The van der Waals surface area contributed by atoms with Crippen molar-refractivity contribution >= 4 is 15.7 Å². The molecule has 3 rings (SSSR count). The molecule has 7 heteroatoms. The zero-order valence-corrected chi connectivity index (χ0v) is 12.6. The second-order valence-electron chi connectivity index (χ2n) is 5.16. The van der Waals surface area contributed by atoms with E-state index in [9.17, 15) is 8.42 Å². The van der Waals surface area contributed by atoms with Crippen molar-refractivity contribution in [1.82, 2.24) is 9.78 Å². The zero-order valence-electron chi connectivity index (χ0n) is 11.8. The van der Waals surface area contributed by atoms with Gasteiger partial charge in [0.15, 0.2) is 5.03 Å². The second-order valence-corrected chi connectivity index (χ2v) is 6.97. The van der Waals surface area contributed by atoms with Crippen molar-refractivity contribution in [2.45, 2.75) is 17.4 Å². The molecule has 2 N–H and O–H groups in total. The maximum absolute atomic E-state index is 12.9. The van der Waals surface area contributed by atoms with Crippen LogP contribution < -0.4 is 10.0 Å². The van der Waals surface area contributed by atoms with Gasteiger partial charge in [0.25, 0.3) is 10.0 Å². The maximum atomic E-state index is 12.9. The minimum Gasteiger partial charge on any atom is -0.330 e. The van der Waals surface area contributed by atoms with E-state index in [0.717, 1.165) is 17.7 Å². The smallest absolute Gasteiger partial charge is 0.281 e. The Labute approximate surface area is 124 Å². The molecule has 0 unspecified atom stereocenters. The fourth-order valence-electron chi connectivity index (χ4n) is 2.86. The van der Waals surface area contributed by atoms with Gasteiger partial charge < -0.3 is 5.73 Å². The van der Waals surface area contributed by atoms with Gasteiger partial charge >= 0.3 is 0 Å². The molecule has 0 saturated heterocycles. The van der Waals surface area contributed by atoms with Crippen LogP contribution in [0.4, 0.5) is 5.69 Å². The van der Waals surface area contributed by atoms with Gasteiger partial charge in [-0.2, -0.15) is 13.5 Å². The number of hydrogen-bond donors (Lipinski definition) is 1. The van der Waals surface area contributed by atoms with Crippen LogP contribution in [-0.4, -0.2) is 31.3 Å². The first-order valence-electron chi connectivity index (χ1n) is 6.85. The van der Waals surface area contributed by atoms with E-state index in [-0.39, 0.29) is 10.9 Å². The molecule has 1 aromatic carbocycles. The zero-order chi connectivity index (χ0) is 15.0. The monoisotopic (exact) mass is 306 g/mol. The first-order valence-corrected chi connectivity index (χ1v) is 8.29. The second kappa shape index (κ2) is 5.16. The molecule has 21 heavy (non-hydrogen) atoms. The lowest BCUT2D eigenvalue weighted by Crippen LogP contribution is -2.31. The Balaban J connectivity index is 2.07. The van der Waals surface area contributed by atoms with Crippen LogP contribution in [0, 0.1) is 0 Å². The largest absolute Gasteiger partial charge is 0.330 e. The summed E-state index contributed by atoms with van der Waals surface area (Å²) in [6.07, 6.45) is 2.26. The van der Waals surface area contributed by atoms with Gasteiger partial charge in [-0.05, 0) is 30.7 Å². The van der Waals surface area contributed by atoms with Crippen molar-refractivity contribution in [3.63, 3.8) is 0 Å². The van der Waals surface area contributed by atoms with E-state index in [1.807, 2.05) is 24.3 Å². The molecule has 1 aliphatic rings. The highest BCUT2D eigenvalue weighted by molar-refractivity contribution is 7.92. The van der Waals surface area contributed by atoms with Crippen molar-refractivity contribution in [1.29, 1.82) is 0 Å². The van der Waals surface area contributed by atoms with Gasteiger partial charge in [0.2, 0.25) is 0 Å². The number of fused-ring (bicyclic) bond motifs is 1. The summed E-state index contributed by atoms with van der Waals surface area (Å²) < 4.78 is 28.6. The summed E-state index contributed by atoms with van der Waals surface area (Å²) in [5, 5.41) is 4.16. The molecule has 2 aromatic rings. The molecule has 1 atom stereocenters. The quantitative estimate of drug-likeness (QED) is 0.916. The molecule has 6 nitrogen and oxygen atoms in total. The summed E-state index contributed by atoms with van der Waals surface area (Å²) >= 11 is 0. The van der Waals surface area contributed by atoms with Gasteiger partial charge in [0, 0.05) is 19.5 Å². The van der Waals surface area contributed by atoms with Gasteiger partial charge in [-0.25, -0.2) is 0 Å². The number of para-hydroxylation sites is 1. The molecule has 1 aromatic heterocycles. The van der Waals surface area contributed by atoms with Gasteiger partial charge in [-0.3, -0.25) is 8.99 Å². The Morgan fingerprint density at radius 3 is 2.76 bits per heavy atom. The third-order valence-electron chi connectivity index (χ3n) is 3.88. The Hall–Kier alpha value is -1.86. The van der Waals surface area contributed by atoms with Crippen molar-refractivity contribution in [2.24, 2.45) is 12.8 Å². The summed E-state index contributed by atoms with van der Waals surface area (Å²) in [5.74, 6) is 0.147. The SMILES string of the molecule is Cn1nccc1S(=O)(=O)N1C[C@H](CCN)c2ccccc21. The average Bonchev–Trinajstić information content (AvgIpc) is 3.05. The maximum Gasteiger partial charge on any atom is 0.281 e. The first kappa shape index (κ1) is 14.1. The number of aromatic nitrogens is 2. The minimum atomic E-state index is -3.60. The third kappa shape index (κ3) is 2.22. The average molecular weight is 306 g/mol. The molecular formula is C14H18N4O2S.